The highest BCUT2D eigenvalue weighted by atomic mass is 16.5. The molecule has 2 aliphatic heterocycles. The normalized spacial score (nSPS) is 17.8. The molecule has 1 amide bonds. The molecule has 2 aliphatic rings. The molecule has 140 valence electrons. The number of nitrogens with zero attached hydrogens (tertiary/aromatic N) is 2. The zero-order valence-electron chi connectivity index (χ0n) is 15.7. The van der Waals surface area contributed by atoms with Gasteiger partial charge in [0.2, 0.25) is 0 Å². The molecule has 0 bridgehead atoms. The Balaban J connectivity index is 0.000000156. The first kappa shape index (κ1) is 18.8. The van der Waals surface area contributed by atoms with Crippen LogP contribution in [0, 0.1) is 0 Å². The van der Waals surface area contributed by atoms with Crippen molar-refractivity contribution in [3.8, 4) is 0 Å². The van der Waals surface area contributed by atoms with Crippen LogP contribution in [-0.2, 0) is 9.53 Å². The number of rotatable bonds is 4. The van der Waals surface area contributed by atoms with Crippen molar-refractivity contribution in [3.05, 3.63) is 65.7 Å². The lowest BCUT2D eigenvalue weighted by Crippen LogP contribution is -2.19. The lowest BCUT2D eigenvalue weighted by atomic mass is 10.0. The summed E-state index contributed by atoms with van der Waals surface area (Å²) in [6, 6.07) is 17.1. The Labute approximate surface area is 159 Å². The van der Waals surface area contributed by atoms with Gasteiger partial charge in [-0.05, 0) is 38.0 Å². The van der Waals surface area contributed by atoms with Crippen LogP contribution in [0.3, 0.4) is 0 Å². The number of hydrogen-bond donors (Lipinski definition) is 0. The molecular formula is C22H24N2O3. The largest absolute Gasteiger partial charge is 0.454 e. The summed E-state index contributed by atoms with van der Waals surface area (Å²) in [5, 5.41) is 5.59. The fourth-order valence-corrected chi connectivity index (χ4v) is 3.15. The Kier molecular flexibility index (Phi) is 6.01. The summed E-state index contributed by atoms with van der Waals surface area (Å²) in [5.74, 6) is -0.120. The number of ether oxygens (including phenoxy) is 1. The van der Waals surface area contributed by atoms with Crippen molar-refractivity contribution in [2.24, 2.45) is 5.10 Å². The highest BCUT2D eigenvalue weighted by molar-refractivity contribution is 6.12. The Morgan fingerprint density at radius 1 is 1.07 bits per heavy atom. The highest BCUT2D eigenvalue weighted by Gasteiger charge is 2.29. The molecule has 1 atom stereocenters. The van der Waals surface area contributed by atoms with Gasteiger partial charge in [-0.2, -0.15) is 5.10 Å². The molecule has 5 nitrogen and oxygen atoms in total. The maximum Gasteiger partial charge on any atom is 0.339 e. The average molecular weight is 364 g/mol. The van der Waals surface area contributed by atoms with Crippen LogP contribution in [0.25, 0.3) is 0 Å². The molecule has 0 saturated carbocycles. The summed E-state index contributed by atoms with van der Waals surface area (Å²) in [5.41, 5.74) is 3.51. The predicted octanol–water partition coefficient (Wildman–Crippen LogP) is 4.89. The third kappa shape index (κ3) is 4.42. The average Bonchev–Trinajstić information content (AvgIpc) is 3.20. The van der Waals surface area contributed by atoms with E-state index in [1.807, 2.05) is 61.5 Å². The number of fused-ring (bicyclic) bond motifs is 1. The van der Waals surface area contributed by atoms with Crippen molar-refractivity contribution in [1.82, 2.24) is 0 Å². The third-order valence-electron chi connectivity index (χ3n) is 4.51. The van der Waals surface area contributed by atoms with E-state index in [9.17, 15) is 9.59 Å². The Morgan fingerprint density at radius 2 is 1.78 bits per heavy atom. The van der Waals surface area contributed by atoms with E-state index in [2.05, 4.69) is 12.0 Å². The SMILES string of the molecule is CC1=NN(c2ccccc2)C(=O)C1.CCCCC1OC(=O)c2ccccc21. The second-order valence-corrected chi connectivity index (χ2v) is 6.68. The smallest absolute Gasteiger partial charge is 0.339 e. The van der Waals surface area contributed by atoms with Gasteiger partial charge in [0.05, 0.1) is 17.7 Å². The lowest BCUT2D eigenvalue weighted by Gasteiger charge is -2.10. The number of carbonyl (C=O) groups is 2. The van der Waals surface area contributed by atoms with Gasteiger partial charge >= 0.3 is 5.97 Å². The maximum absolute atomic E-state index is 11.4. The molecule has 2 aromatic rings. The van der Waals surface area contributed by atoms with Crippen LogP contribution in [0.4, 0.5) is 5.69 Å². The first-order valence-electron chi connectivity index (χ1n) is 9.32. The number of benzene rings is 2. The molecule has 0 spiro atoms. The van der Waals surface area contributed by atoms with Crippen LogP contribution in [0.15, 0.2) is 59.7 Å². The van der Waals surface area contributed by atoms with Gasteiger partial charge in [0.1, 0.15) is 6.10 Å². The molecule has 0 fully saturated rings. The van der Waals surface area contributed by atoms with E-state index in [-0.39, 0.29) is 18.0 Å². The molecule has 2 heterocycles. The van der Waals surface area contributed by atoms with E-state index in [4.69, 9.17) is 4.74 Å². The summed E-state index contributed by atoms with van der Waals surface area (Å²) in [6.07, 6.45) is 3.62. The van der Waals surface area contributed by atoms with Crippen molar-refractivity contribution in [3.63, 3.8) is 0 Å². The van der Waals surface area contributed by atoms with Gasteiger partial charge in [0.25, 0.3) is 5.91 Å². The van der Waals surface area contributed by atoms with E-state index < -0.39 is 0 Å². The Hall–Kier alpha value is -2.95. The number of anilines is 1. The van der Waals surface area contributed by atoms with Gasteiger partial charge < -0.3 is 4.74 Å². The predicted molar refractivity (Wildman–Crippen MR) is 106 cm³/mol. The third-order valence-corrected chi connectivity index (χ3v) is 4.51. The minimum absolute atomic E-state index is 0.00125. The van der Waals surface area contributed by atoms with E-state index in [1.165, 1.54) is 5.01 Å². The van der Waals surface area contributed by atoms with Crippen molar-refractivity contribution < 1.29 is 14.3 Å². The number of para-hydroxylation sites is 1. The van der Waals surface area contributed by atoms with Crippen molar-refractivity contribution in [2.75, 3.05) is 5.01 Å². The van der Waals surface area contributed by atoms with Gasteiger partial charge in [-0.3, -0.25) is 4.79 Å². The van der Waals surface area contributed by atoms with E-state index in [0.717, 1.165) is 41.8 Å². The van der Waals surface area contributed by atoms with Crippen LogP contribution < -0.4 is 5.01 Å². The van der Waals surface area contributed by atoms with E-state index in [0.29, 0.717) is 6.42 Å². The summed E-state index contributed by atoms with van der Waals surface area (Å²) in [7, 11) is 0. The minimum atomic E-state index is -0.165. The Morgan fingerprint density at radius 3 is 2.44 bits per heavy atom. The zero-order valence-corrected chi connectivity index (χ0v) is 15.7. The van der Waals surface area contributed by atoms with Crippen LogP contribution in [0.1, 0.15) is 61.6 Å². The van der Waals surface area contributed by atoms with E-state index in [1.54, 1.807) is 0 Å². The van der Waals surface area contributed by atoms with Gasteiger partial charge in [0, 0.05) is 11.3 Å². The van der Waals surface area contributed by atoms with Gasteiger partial charge in [-0.15, -0.1) is 0 Å². The first-order valence-corrected chi connectivity index (χ1v) is 9.32. The van der Waals surface area contributed by atoms with Crippen LogP contribution >= 0.6 is 0 Å². The molecule has 4 rings (SSSR count). The second-order valence-electron chi connectivity index (χ2n) is 6.68. The molecule has 0 N–H and O–H groups in total. The van der Waals surface area contributed by atoms with Crippen molar-refractivity contribution in [1.29, 1.82) is 0 Å². The summed E-state index contributed by atoms with van der Waals surface area (Å²) < 4.78 is 5.29. The number of cyclic esters (lactones) is 1. The highest BCUT2D eigenvalue weighted by Crippen LogP contribution is 2.33. The number of esters is 1. The molecule has 0 radical (unpaired) electrons. The summed E-state index contributed by atoms with van der Waals surface area (Å²) >= 11 is 0. The minimum Gasteiger partial charge on any atom is -0.454 e. The first-order chi connectivity index (χ1) is 13.1. The Bertz CT molecular complexity index is 846. The van der Waals surface area contributed by atoms with Crippen molar-refractivity contribution >= 4 is 23.3 Å². The molecule has 0 saturated heterocycles. The number of hydrazone groups is 1. The standard InChI is InChI=1S/C12H14O2.C10H10N2O/c1-2-3-8-11-9-6-4-5-7-10(9)12(13)14-11;1-8-7-10(13)12(11-8)9-5-3-2-4-6-9/h4-7,11H,2-3,8H2,1H3;2-6H,7H2,1H3. The molecule has 2 aromatic carbocycles. The topological polar surface area (TPSA) is 59.0 Å². The van der Waals surface area contributed by atoms with Gasteiger partial charge in [-0.1, -0.05) is 49.7 Å². The molecular weight excluding hydrogens is 340 g/mol. The quantitative estimate of drug-likeness (QED) is 0.726. The zero-order chi connectivity index (χ0) is 19.2. The molecule has 0 aliphatic carbocycles. The molecule has 5 heteroatoms. The van der Waals surface area contributed by atoms with E-state index >= 15 is 0 Å². The van der Waals surface area contributed by atoms with Gasteiger partial charge in [-0.25, -0.2) is 9.80 Å². The van der Waals surface area contributed by atoms with Crippen molar-refractivity contribution in [2.45, 2.75) is 45.6 Å². The fourth-order valence-electron chi connectivity index (χ4n) is 3.15. The monoisotopic (exact) mass is 364 g/mol. The van der Waals surface area contributed by atoms with Crippen LogP contribution in [0.5, 0.6) is 0 Å². The lowest BCUT2D eigenvalue weighted by molar-refractivity contribution is -0.116. The maximum atomic E-state index is 11.4. The second kappa shape index (κ2) is 8.62. The number of hydrogen-bond acceptors (Lipinski definition) is 4. The molecule has 1 unspecified atom stereocenters. The summed E-state index contributed by atoms with van der Waals surface area (Å²) in [4.78, 5) is 22.8. The number of unbranched alkanes of at least 4 members (excludes halogenated alkanes) is 1. The van der Waals surface area contributed by atoms with Crippen LogP contribution in [-0.4, -0.2) is 17.6 Å². The van der Waals surface area contributed by atoms with Crippen LogP contribution in [0.2, 0.25) is 0 Å². The van der Waals surface area contributed by atoms with Gasteiger partial charge in [0.15, 0.2) is 0 Å². The number of carbonyl (C=O) groups excluding carboxylic acids is 2. The fraction of sp³-hybridized carbons (Fsp3) is 0.318. The summed E-state index contributed by atoms with van der Waals surface area (Å²) in [6.45, 7) is 4.00. The molecule has 0 aromatic heterocycles. The molecule has 27 heavy (non-hydrogen) atoms. The number of amides is 1.